The highest BCUT2D eigenvalue weighted by molar-refractivity contribution is 7.14. The molecule has 0 saturated carbocycles. The quantitative estimate of drug-likeness (QED) is 0.794. The van der Waals surface area contributed by atoms with Crippen molar-refractivity contribution in [2.24, 2.45) is 0 Å². The number of nitrogens with zero attached hydrogens (tertiary/aromatic N) is 4. The Kier molecular flexibility index (Phi) is 5.55. The Hall–Kier alpha value is -1.40. The lowest BCUT2D eigenvalue weighted by Crippen LogP contribution is -2.17. The van der Waals surface area contributed by atoms with Crippen molar-refractivity contribution in [2.75, 3.05) is 13.1 Å². The Morgan fingerprint density at radius 1 is 1.10 bits per heavy atom. The van der Waals surface area contributed by atoms with Crippen LogP contribution in [0.1, 0.15) is 36.7 Å². The highest BCUT2D eigenvalue weighted by Crippen LogP contribution is 2.26. The zero-order valence-corrected chi connectivity index (χ0v) is 13.1. The van der Waals surface area contributed by atoms with Crippen LogP contribution in [-0.4, -0.2) is 33.5 Å². The number of nitrogens with one attached hydrogen (secondary N) is 1. The minimum atomic E-state index is 0.857. The lowest BCUT2D eigenvalue weighted by molar-refractivity contribution is 0.668. The van der Waals surface area contributed by atoms with E-state index < -0.39 is 0 Å². The first-order valence-corrected chi connectivity index (χ1v) is 7.92. The topological polar surface area (TPSA) is 63.6 Å². The van der Waals surface area contributed by atoms with Gasteiger partial charge in [0, 0.05) is 18.5 Å². The second-order valence-electron chi connectivity index (χ2n) is 4.70. The molecule has 0 fully saturated rings. The second kappa shape index (κ2) is 7.40. The fourth-order valence-electron chi connectivity index (χ4n) is 1.92. The zero-order valence-electron chi connectivity index (χ0n) is 12.3. The Morgan fingerprint density at radius 3 is 2.70 bits per heavy atom. The third-order valence-corrected chi connectivity index (χ3v) is 3.98. The van der Waals surface area contributed by atoms with Gasteiger partial charge >= 0.3 is 0 Å². The largest absolute Gasteiger partial charge is 0.316 e. The molecule has 2 aromatic rings. The summed E-state index contributed by atoms with van der Waals surface area (Å²) in [6, 6.07) is 2.05. The molecule has 0 aliphatic carbocycles. The van der Waals surface area contributed by atoms with Gasteiger partial charge in [-0.1, -0.05) is 25.2 Å². The molecule has 5 nitrogen and oxygen atoms in total. The van der Waals surface area contributed by atoms with E-state index in [1.54, 1.807) is 11.3 Å². The molecule has 0 aromatic carbocycles. The summed E-state index contributed by atoms with van der Waals surface area (Å²) >= 11 is 1.65. The van der Waals surface area contributed by atoms with Crippen LogP contribution in [0.2, 0.25) is 0 Å². The third kappa shape index (κ3) is 3.80. The van der Waals surface area contributed by atoms with Gasteiger partial charge in [-0.05, 0) is 32.4 Å². The molecule has 6 heteroatoms. The summed E-state index contributed by atoms with van der Waals surface area (Å²) in [7, 11) is 0. The van der Waals surface area contributed by atoms with Gasteiger partial charge in [0.25, 0.3) is 0 Å². The predicted octanol–water partition coefficient (Wildman–Crippen LogP) is 2.41. The highest BCUT2D eigenvalue weighted by Gasteiger charge is 2.12. The van der Waals surface area contributed by atoms with Crippen molar-refractivity contribution in [1.82, 2.24) is 25.7 Å². The molecule has 0 bridgehead atoms. The average Bonchev–Trinajstić information content (AvgIpc) is 2.92. The molecule has 0 atom stereocenters. The Morgan fingerprint density at radius 2 is 1.95 bits per heavy atom. The molecular weight excluding hydrogens is 270 g/mol. The first-order valence-electron chi connectivity index (χ1n) is 7.11. The highest BCUT2D eigenvalue weighted by atomic mass is 32.1. The SMILES string of the molecule is CCCNCCc1nnc(-c2cc(C)nnc2CC)s1. The third-order valence-electron chi connectivity index (χ3n) is 2.97. The van der Waals surface area contributed by atoms with E-state index in [1.165, 1.54) is 0 Å². The van der Waals surface area contributed by atoms with Crippen LogP contribution in [0.15, 0.2) is 6.07 Å². The summed E-state index contributed by atoms with van der Waals surface area (Å²) < 4.78 is 0. The first-order chi connectivity index (χ1) is 9.74. The Bertz CT molecular complexity index is 552. The molecule has 2 rings (SSSR count). The monoisotopic (exact) mass is 291 g/mol. The summed E-state index contributed by atoms with van der Waals surface area (Å²) in [5, 5.41) is 22.3. The van der Waals surface area contributed by atoms with Gasteiger partial charge in [-0.15, -0.1) is 10.2 Å². The van der Waals surface area contributed by atoms with E-state index in [4.69, 9.17) is 0 Å². The average molecular weight is 291 g/mol. The molecule has 2 aromatic heterocycles. The van der Waals surface area contributed by atoms with Crippen molar-refractivity contribution in [2.45, 2.75) is 40.0 Å². The molecule has 108 valence electrons. The number of rotatable bonds is 7. The van der Waals surface area contributed by atoms with E-state index >= 15 is 0 Å². The molecule has 0 aliphatic heterocycles. The second-order valence-corrected chi connectivity index (χ2v) is 5.76. The molecule has 1 N–H and O–H groups in total. The summed E-state index contributed by atoms with van der Waals surface area (Å²) in [4.78, 5) is 0. The van der Waals surface area contributed by atoms with Crippen LogP contribution < -0.4 is 5.32 Å². The van der Waals surface area contributed by atoms with Gasteiger partial charge in [-0.2, -0.15) is 10.2 Å². The maximum Gasteiger partial charge on any atom is 0.149 e. The summed E-state index contributed by atoms with van der Waals surface area (Å²) in [6.45, 7) is 8.21. The van der Waals surface area contributed by atoms with Crippen LogP contribution in [0.25, 0.3) is 10.6 Å². The molecule has 20 heavy (non-hydrogen) atoms. The fraction of sp³-hybridized carbons (Fsp3) is 0.571. The molecule has 0 aliphatic rings. The van der Waals surface area contributed by atoms with Crippen molar-refractivity contribution in [3.8, 4) is 10.6 Å². The van der Waals surface area contributed by atoms with Gasteiger partial charge in [0.15, 0.2) is 0 Å². The van der Waals surface area contributed by atoms with Gasteiger partial charge in [-0.25, -0.2) is 0 Å². The maximum absolute atomic E-state index is 4.31. The lowest BCUT2D eigenvalue weighted by atomic mass is 10.1. The Balaban J connectivity index is 2.10. The van der Waals surface area contributed by atoms with Gasteiger partial charge in [-0.3, -0.25) is 0 Å². The van der Waals surface area contributed by atoms with Crippen LogP contribution in [0.4, 0.5) is 0 Å². The standard InChI is InChI=1S/C14H21N5S/c1-4-7-15-8-6-13-18-19-14(20-13)11-9-10(3)16-17-12(11)5-2/h9,15H,4-8H2,1-3H3. The van der Waals surface area contributed by atoms with Gasteiger partial charge in [0.1, 0.15) is 10.0 Å². The minimum absolute atomic E-state index is 0.857. The molecule has 0 spiro atoms. The van der Waals surface area contributed by atoms with E-state index in [9.17, 15) is 0 Å². The number of aryl methyl sites for hydroxylation is 2. The number of aromatic nitrogens is 4. The summed E-state index contributed by atoms with van der Waals surface area (Å²) in [5.41, 5.74) is 2.98. The van der Waals surface area contributed by atoms with Crippen molar-refractivity contribution in [3.63, 3.8) is 0 Å². The van der Waals surface area contributed by atoms with E-state index in [1.807, 2.05) is 13.0 Å². The van der Waals surface area contributed by atoms with E-state index in [-0.39, 0.29) is 0 Å². The van der Waals surface area contributed by atoms with Gasteiger partial charge in [0.05, 0.1) is 11.4 Å². The van der Waals surface area contributed by atoms with E-state index in [0.29, 0.717) is 0 Å². The normalized spacial score (nSPS) is 10.9. The molecule has 2 heterocycles. The molecule has 0 unspecified atom stereocenters. The first kappa shape index (κ1) is 15.0. The van der Waals surface area contributed by atoms with Crippen molar-refractivity contribution in [1.29, 1.82) is 0 Å². The predicted molar refractivity (Wildman–Crippen MR) is 81.9 cm³/mol. The minimum Gasteiger partial charge on any atom is -0.316 e. The van der Waals surface area contributed by atoms with Crippen molar-refractivity contribution < 1.29 is 0 Å². The molecular formula is C14H21N5S. The van der Waals surface area contributed by atoms with Crippen LogP contribution in [0.5, 0.6) is 0 Å². The van der Waals surface area contributed by atoms with Crippen LogP contribution in [0.3, 0.4) is 0 Å². The molecule has 0 amide bonds. The summed E-state index contributed by atoms with van der Waals surface area (Å²) in [6.07, 6.45) is 2.94. The summed E-state index contributed by atoms with van der Waals surface area (Å²) in [5.74, 6) is 0. The van der Waals surface area contributed by atoms with E-state index in [2.05, 4.69) is 39.6 Å². The fourth-order valence-corrected chi connectivity index (χ4v) is 2.80. The van der Waals surface area contributed by atoms with Gasteiger partial charge < -0.3 is 5.32 Å². The van der Waals surface area contributed by atoms with Crippen molar-refractivity contribution >= 4 is 11.3 Å². The smallest absolute Gasteiger partial charge is 0.149 e. The molecule has 0 radical (unpaired) electrons. The van der Waals surface area contributed by atoms with Crippen LogP contribution in [-0.2, 0) is 12.8 Å². The van der Waals surface area contributed by atoms with Crippen LogP contribution >= 0.6 is 11.3 Å². The van der Waals surface area contributed by atoms with Crippen molar-refractivity contribution in [3.05, 3.63) is 22.5 Å². The lowest BCUT2D eigenvalue weighted by Gasteiger charge is -2.02. The number of hydrogen-bond acceptors (Lipinski definition) is 6. The zero-order chi connectivity index (χ0) is 14.4. The Labute approximate surface area is 123 Å². The molecule has 0 saturated heterocycles. The van der Waals surface area contributed by atoms with E-state index in [0.717, 1.165) is 59.3 Å². The van der Waals surface area contributed by atoms with Crippen LogP contribution in [0, 0.1) is 6.92 Å². The maximum atomic E-state index is 4.31. The number of hydrogen-bond donors (Lipinski definition) is 1. The van der Waals surface area contributed by atoms with Gasteiger partial charge in [0.2, 0.25) is 0 Å².